The van der Waals surface area contributed by atoms with E-state index in [9.17, 15) is 22.9 Å². The molecule has 0 saturated carbocycles. The molecule has 0 atom stereocenters. The first-order chi connectivity index (χ1) is 12.9. The van der Waals surface area contributed by atoms with Gasteiger partial charge in [0.05, 0.1) is 9.82 Å². The number of aromatic nitrogens is 1. The highest BCUT2D eigenvalue weighted by atomic mass is 32.2. The van der Waals surface area contributed by atoms with Crippen molar-refractivity contribution in [2.24, 2.45) is 0 Å². The van der Waals surface area contributed by atoms with Crippen molar-refractivity contribution in [1.82, 2.24) is 4.98 Å². The van der Waals surface area contributed by atoms with Crippen LogP contribution < -0.4 is 0 Å². The second kappa shape index (κ2) is 7.46. The van der Waals surface area contributed by atoms with Gasteiger partial charge in [-0.3, -0.25) is 10.1 Å². The van der Waals surface area contributed by atoms with Crippen LogP contribution in [0.4, 0.5) is 10.1 Å². The molecule has 0 aliphatic carbocycles. The van der Waals surface area contributed by atoms with Crippen LogP contribution in [0.3, 0.4) is 0 Å². The molecule has 0 aliphatic heterocycles. The molecule has 0 N–H and O–H groups in total. The van der Waals surface area contributed by atoms with Gasteiger partial charge in [-0.05, 0) is 41.5 Å². The fourth-order valence-electron chi connectivity index (χ4n) is 2.36. The van der Waals surface area contributed by atoms with Crippen LogP contribution in [0.5, 0.6) is 0 Å². The predicted octanol–water partition coefficient (Wildman–Crippen LogP) is 4.13. The molecule has 1 heterocycles. The van der Waals surface area contributed by atoms with Crippen LogP contribution in [-0.4, -0.2) is 18.3 Å². The Labute approximate surface area is 154 Å². The molecule has 136 valence electrons. The molecule has 0 amide bonds. The van der Waals surface area contributed by atoms with E-state index in [1.54, 1.807) is 36.4 Å². The highest BCUT2D eigenvalue weighted by Gasteiger charge is 2.28. The lowest BCUT2D eigenvalue weighted by Gasteiger charge is -2.05. The van der Waals surface area contributed by atoms with Crippen molar-refractivity contribution in [2.75, 3.05) is 0 Å². The third-order valence-corrected chi connectivity index (χ3v) is 5.45. The maximum atomic E-state index is 12.9. The van der Waals surface area contributed by atoms with Crippen molar-refractivity contribution >= 4 is 27.7 Å². The van der Waals surface area contributed by atoms with E-state index >= 15 is 0 Å². The first kappa shape index (κ1) is 18.4. The van der Waals surface area contributed by atoms with Gasteiger partial charge in [-0.1, -0.05) is 36.4 Å². The molecule has 2 aromatic carbocycles. The molecule has 8 heteroatoms. The summed E-state index contributed by atoms with van der Waals surface area (Å²) in [7, 11) is -4.12. The Kier molecular flexibility index (Phi) is 5.09. The number of nitro groups is 1. The topological polar surface area (TPSA) is 90.2 Å². The van der Waals surface area contributed by atoms with E-state index in [2.05, 4.69) is 4.98 Å². The molecular weight excluding hydrogens is 371 g/mol. The number of hydrogen-bond donors (Lipinski definition) is 0. The molecule has 0 radical (unpaired) electrons. The average molecular weight is 384 g/mol. The highest BCUT2D eigenvalue weighted by Crippen LogP contribution is 2.27. The van der Waals surface area contributed by atoms with Crippen LogP contribution in [0.15, 0.2) is 76.8 Å². The van der Waals surface area contributed by atoms with Crippen molar-refractivity contribution in [3.8, 4) is 0 Å². The van der Waals surface area contributed by atoms with Crippen LogP contribution in [0.2, 0.25) is 0 Å². The van der Waals surface area contributed by atoms with Crippen molar-refractivity contribution in [3.63, 3.8) is 0 Å². The smallest absolute Gasteiger partial charge is 0.258 e. The summed E-state index contributed by atoms with van der Waals surface area (Å²) >= 11 is 0. The summed E-state index contributed by atoms with van der Waals surface area (Å²) in [6, 6.07) is 14.2. The van der Waals surface area contributed by atoms with Crippen molar-refractivity contribution in [2.45, 2.75) is 9.92 Å². The molecule has 0 aliphatic rings. The largest absolute Gasteiger partial charge is 0.306 e. The first-order valence-corrected chi connectivity index (χ1v) is 9.24. The summed E-state index contributed by atoms with van der Waals surface area (Å²) in [5.41, 5.74) is 0.934. The van der Waals surface area contributed by atoms with E-state index < -0.39 is 25.5 Å². The summed E-state index contributed by atoms with van der Waals surface area (Å²) in [5, 5.41) is 10.5. The monoisotopic (exact) mass is 384 g/mol. The van der Waals surface area contributed by atoms with Gasteiger partial charge < -0.3 is 0 Å². The molecule has 27 heavy (non-hydrogen) atoms. The second-order valence-electron chi connectivity index (χ2n) is 5.54. The molecule has 3 aromatic rings. The fraction of sp³-hybridized carbons (Fsp3) is 0. The molecular formula is C19H13FN2O4S. The van der Waals surface area contributed by atoms with Gasteiger partial charge in [0.2, 0.25) is 14.9 Å². The Bertz CT molecular complexity index is 1110. The fourth-order valence-corrected chi connectivity index (χ4v) is 3.70. The van der Waals surface area contributed by atoms with Gasteiger partial charge in [-0.2, -0.15) is 0 Å². The molecule has 3 rings (SSSR count). The summed E-state index contributed by atoms with van der Waals surface area (Å²) in [6.07, 6.45) is 4.69. The van der Waals surface area contributed by atoms with E-state index in [0.717, 1.165) is 11.6 Å². The quantitative estimate of drug-likeness (QED) is 0.375. The first-order valence-electron chi connectivity index (χ1n) is 7.76. The highest BCUT2D eigenvalue weighted by molar-refractivity contribution is 7.91. The van der Waals surface area contributed by atoms with Gasteiger partial charge in [0.1, 0.15) is 5.82 Å². The summed E-state index contributed by atoms with van der Waals surface area (Å²) in [6.45, 7) is 0. The molecule has 6 nitrogen and oxygen atoms in total. The number of pyridine rings is 1. The van der Waals surface area contributed by atoms with Crippen LogP contribution in [-0.2, 0) is 9.84 Å². The number of hydrogen-bond acceptors (Lipinski definition) is 5. The minimum absolute atomic E-state index is 0.0942. The maximum absolute atomic E-state index is 12.9. The number of sulfone groups is 1. The zero-order valence-electron chi connectivity index (χ0n) is 13.8. The van der Waals surface area contributed by atoms with E-state index in [4.69, 9.17) is 0 Å². The van der Waals surface area contributed by atoms with Crippen molar-refractivity contribution < 1.29 is 17.7 Å². The van der Waals surface area contributed by atoms with Crippen LogP contribution in [0.25, 0.3) is 12.2 Å². The van der Waals surface area contributed by atoms with Crippen LogP contribution in [0.1, 0.15) is 11.1 Å². The third kappa shape index (κ3) is 4.06. The number of benzene rings is 2. The molecule has 1 aromatic heterocycles. The lowest BCUT2D eigenvalue weighted by atomic mass is 10.1. The Morgan fingerprint density at radius 3 is 2.04 bits per heavy atom. The summed E-state index contributed by atoms with van der Waals surface area (Å²) in [5.74, 6) is -0.328. The van der Waals surface area contributed by atoms with Crippen LogP contribution >= 0.6 is 0 Å². The third-order valence-electron chi connectivity index (χ3n) is 3.73. The van der Waals surface area contributed by atoms with Gasteiger partial charge >= 0.3 is 5.69 Å². The minimum Gasteiger partial charge on any atom is -0.258 e. The standard InChI is InChI=1S/C19H13FN2O4S/c20-16-9-5-14(6-10-16)3-4-15-7-11-17(12-8-15)27(25,26)19-18(22(23)24)2-1-13-21-19/h1-13H/b4-3+. The van der Waals surface area contributed by atoms with Gasteiger partial charge in [0.25, 0.3) is 0 Å². The van der Waals surface area contributed by atoms with Gasteiger partial charge in [-0.15, -0.1) is 0 Å². The summed E-state index contributed by atoms with van der Waals surface area (Å²) < 4.78 is 38.2. The summed E-state index contributed by atoms with van der Waals surface area (Å²) in [4.78, 5) is 13.9. The number of nitrogens with zero attached hydrogens (tertiary/aromatic N) is 2. The average Bonchev–Trinajstić information content (AvgIpc) is 2.68. The molecule has 0 fully saturated rings. The lowest BCUT2D eigenvalue weighted by Crippen LogP contribution is -2.07. The van der Waals surface area contributed by atoms with E-state index in [1.165, 1.54) is 36.5 Å². The zero-order valence-corrected chi connectivity index (χ0v) is 14.6. The molecule has 0 bridgehead atoms. The minimum atomic E-state index is -4.12. The predicted molar refractivity (Wildman–Crippen MR) is 98.1 cm³/mol. The van der Waals surface area contributed by atoms with Crippen molar-refractivity contribution in [3.05, 3.63) is 93.9 Å². The van der Waals surface area contributed by atoms with E-state index in [1.807, 2.05) is 0 Å². The van der Waals surface area contributed by atoms with Crippen molar-refractivity contribution in [1.29, 1.82) is 0 Å². The Morgan fingerprint density at radius 1 is 0.926 bits per heavy atom. The Morgan fingerprint density at radius 2 is 1.48 bits per heavy atom. The molecule has 0 unspecified atom stereocenters. The second-order valence-corrected chi connectivity index (χ2v) is 7.41. The zero-order chi connectivity index (χ0) is 19.4. The van der Waals surface area contributed by atoms with Crippen LogP contribution in [0, 0.1) is 15.9 Å². The van der Waals surface area contributed by atoms with E-state index in [0.29, 0.717) is 5.56 Å². The lowest BCUT2D eigenvalue weighted by molar-refractivity contribution is -0.388. The SMILES string of the molecule is O=[N+]([O-])c1cccnc1S(=O)(=O)c1ccc(/C=C/c2ccc(F)cc2)cc1. The Balaban J connectivity index is 1.89. The normalized spacial score (nSPS) is 11.6. The van der Waals surface area contributed by atoms with E-state index in [-0.39, 0.29) is 10.7 Å². The Hall–Kier alpha value is -3.39. The van der Waals surface area contributed by atoms with Gasteiger partial charge in [-0.25, -0.2) is 17.8 Å². The number of halogens is 1. The maximum Gasteiger partial charge on any atom is 0.306 e. The van der Waals surface area contributed by atoms with Gasteiger partial charge in [0, 0.05) is 12.3 Å². The van der Waals surface area contributed by atoms with Gasteiger partial charge in [0.15, 0.2) is 0 Å². The molecule has 0 saturated heterocycles. The number of rotatable bonds is 5. The molecule has 0 spiro atoms.